The molecule has 9 nitrogen and oxygen atoms in total. The Morgan fingerprint density at radius 3 is 1.31 bits per heavy atom. The van der Waals surface area contributed by atoms with Gasteiger partial charge in [-0.15, -0.1) is 0 Å². The Morgan fingerprint density at radius 2 is 0.976 bits per heavy atom. The van der Waals surface area contributed by atoms with Crippen molar-refractivity contribution in [3.63, 3.8) is 0 Å². The molecule has 0 spiro atoms. The highest BCUT2D eigenvalue weighted by Gasteiger charge is 2.41. The predicted molar refractivity (Wildman–Crippen MR) is 162 cm³/mol. The molecule has 0 aliphatic rings. The number of hydrogen-bond donors (Lipinski definition) is 0. The third-order valence-electron chi connectivity index (χ3n) is 5.21. The van der Waals surface area contributed by atoms with Gasteiger partial charge in [0.2, 0.25) is 0 Å². The van der Waals surface area contributed by atoms with Crippen molar-refractivity contribution in [3.05, 3.63) is 78.9 Å². The molecular formula is C31H39O9S2+. The number of hydrogen-bond acceptors (Lipinski definition) is 8. The maximum absolute atomic E-state index is 12.8. The maximum Gasteiger partial charge on any atom is 0.387 e. The summed E-state index contributed by atoms with van der Waals surface area (Å²) in [5.74, 6) is -0.179. The second-order valence-electron chi connectivity index (χ2n) is 11.4. The summed E-state index contributed by atoms with van der Waals surface area (Å²) in [6.45, 7) is 10.1. The van der Waals surface area contributed by atoms with Crippen molar-refractivity contribution in [2.24, 2.45) is 0 Å². The average molecular weight is 620 g/mol. The summed E-state index contributed by atoms with van der Waals surface area (Å²) in [6.07, 6.45) is 1.06. The normalized spacial score (nSPS) is 12.7. The van der Waals surface area contributed by atoms with Gasteiger partial charge in [-0.1, -0.05) is 18.2 Å². The van der Waals surface area contributed by atoms with Crippen LogP contribution in [0.1, 0.15) is 41.5 Å². The quantitative estimate of drug-likeness (QED) is 0.138. The first-order valence-corrected chi connectivity index (χ1v) is 16.6. The zero-order chi connectivity index (χ0) is 31.2. The van der Waals surface area contributed by atoms with Gasteiger partial charge in [0.15, 0.2) is 13.2 Å². The minimum absolute atomic E-state index is 0.272. The molecule has 0 aliphatic heterocycles. The molecule has 11 heteroatoms. The Balaban J connectivity index is 1.98. The van der Waals surface area contributed by atoms with Crippen molar-refractivity contribution in [1.29, 1.82) is 0 Å². The van der Waals surface area contributed by atoms with E-state index >= 15 is 0 Å². The summed E-state index contributed by atoms with van der Waals surface area (Å²) in [7, 11) is -6.54. The number of benzene rings is 3. The van der Waals surface area contributed by atoms with Crippen LogP contribution < -0.4 is 9.47 Å². The molecule has 0 radical (unpaired) electrons. The molecule has 0 atom stereocenters. The molecule has 0 bridgehead atoms. The molecule has 0 saturated heterocycles. The first-order chi connectivity index (χ1) is 19.5. The number of rotatable bonds is 11. The third kappa shape index (κ3) is 9.78. The summed E-state index contributed by atoms with van der Waals surface area (Å²) in [5, 5.41) is 0. The Bertz CT molecular complexity index is 1380. The molecule has 228 valence electrons. The molecule has 42 heavy (non-hydrogen) atoms. The molecule has 0 saturated carbocycles. The summed E-state index contributed by atoms with van der Waals surface area (Å²) >= 11 is 0. The van der Waals surface area contributed by atoms with Crippen molar-refractivity contribution < 1.29 is 40.6 Å². The lowest BCUT2D eigenvalue weighted by molar-refractivity contribution is -0.158. The molecule has 0 fully saturated rings. The lowest BCUT2D eigenvalue weighted by Gasteiger charge is -2.34. The second-order valence-corrected chi connectivity index (χ2v) is 16.0. The lowest BCUT2D eigenvalue weighted by Crippen LogP contribution is -2.27. The SMILES string of the molecule is CC(C)(C)OC(=O)COc1ccc(S([OH+]S(C)(=O)=O)(c2ccccc2)c2ccc(OCC(=O)OC(C)(C)C)cc2)cc1. The largest absolute Gasteiger partial charge is 0.482 e. The molecule has 3 aromatic rings. The summed E-state index contributed by atoms with van der Waals surface area (Å²) in [4.78, 5) is 26.1. The van der Waals surface area contributed by atoms with E-state index in [1.165, 1.54) is 0 Å². The van der Waals surface area contributed by atoms with Crippen LogP contribution in [0.3, 0.4) is 0 Å². The van der Waals surface area contributed by atoms with Gasteiger partial charge in [-0.25, -0.2) is 9.59 Å². The Labute approximate surface area is 249 Å². The van der Waals surface area contributed by atoms with Crippen LogP contribution in [0.2, 0.25) is 0 Å². The smallest absolute Gasteiger partial charge is 0.387 e. The van der Waals surface area contributed by atoms with Crippen LogP contribution in [0, 0.1) is 0 Å². The number of carbonyl (C=O) groups excluding carboxylic acids is 2. The van der Waals surface area contributed by atoms with Gasteiger partial charge in [-0.2, -0.15) is 8.42 Å². The minimum Gasteiger partial charge on any atom is -0.482 e. The van der Waals surface area contributed by atoms with Crippen molar-refractivity contribution in [1.82, 2.24) is 0 Å². The van der Waals surface area contributed by atoms with E-state index in [-0.39, 0.29) is 13.2 Å². The van der Waals surface area contributed by atoms with E-state index in [4.69, 9.17) is 18.9 Å². The van der Waals surface area contributed by atoms with Crippen molar-refractivity contribution in [3.8, 4) is 11.5 Å². The fourth-order valence-corrected chi connectivity index (χ4v) is 8.93. The standard InChI is InChI=1S/C31H38O9S2/c1-30(2,3)38-28(32)21-36-23-13-17-26(18-14-23)42(40-41(7,34)35,25-11-9-8-10-12-25)27-19-15-24(16-20-27)37-22-29(33)39-31(4,5)6/h8-20H,21-22H2,1-7H3/p+1. The van der Waals surface area contributed by atoms with Crippen LogP contribution in [-0.2, 0) is 29.2 Å². The summed E-state index contributed by atoms with van der Waals surface area (Å²) in [5.41, 5.74) is -1.27. The topological polar surface area (TPSA) is 118 Å². The zero-order valence-electron chi connectivity index (χ0n) is 24.9. The highest BCUT2D eigenvalue weighted by Crippen LogP contribution is 2.68. The molecule has 0 amide bonds. The van der Waals surface area contributed by atoms with Crippen LogP contribution in [0.25, 0.3) is 0 Å². The Morgan fingerprint density at radius 1 is 0.619 bits per heavy atom. The van der Waals surface area contributed by atoms with Gasteiger partial charge in [-0.05, 0) is 102 Å². The molecule has 0 aliphatic carbocycles. The molecule has 0 unspecified atom stereocenters. The average Bonchev–Trinajstić information content (AvgIpc) is 2.88. The van der Waals surface area contributed by atoms with E-state index in [1.807, 2.05) is 30.3 Å². The maximum atomic E-state index is 12.8. The third-order valence-corrected chi connectivity index (χ3v) is 10.1. The number of ether oxygens (including phenoxy) is 4. The van der Waals surface area contributed by atoms with Gasteiger partial charge in [0.25, 0.3) is 0 Å². The van der Waals surface area contributed by atoms with Crippen LogP contribution in [-0.4, -0.2) is 54.7 Å². The van der Waals surface area contributed by atoms with E-state index < -0.39 is 43.6 Å². The van der Waals surface area contributed by atoms with E-state index in [1.54, 1.807) is 90.1 Å². The van der Waals surface area contributed by atoms with Crippen LogP contribution >= 0.6 is 10.3 Å². The van der Waals surface area contributed by atoms with Crippen molar-refractivity contribution in [2.75, 3.05) is 19.5 Å². The van der Waals surface area contributed by atoms with Crippen LogP contribution in [0.15, 0.2) is 93.5 Å². The molecule has 3 aromatic carbocycles. The van der Waals surface area contributed by atoms with Gasteiger partial charge in [0.1, 0.15) is 29.0 Å². The van der Waals surface area contributed by atoms with E-state index in [0.29, 0.717) is 26.2 Å². The van der Waals surface area contributed by atoms with Crippen LogP contribution in [0.4, 0.5) is 0 Å². The summed E-state index contributed by atoms with van der Waals surface area (Å²) in [6, 6.07) is 22.8. The molecule has 3 rings (SSSR count). The fourth-order valence-electron chi connectivity index (χ4n) is 3.85. The van der Waals surface area contributed by atoms with Crippen molar-refractivity contribution in [2.45, 2.75) is 67.4 Å². The summed E-state index contributed by atoms with van der Waals surface area (Å²) < 4.78 is 51.9. The van der Waals surface area contributed by atoms with E-state index in [2.05, 4.69) is 3.63 Å². The van der Waals surface area contributed by atoms with Gasteiger partial charge >= 0.3 is 22.1 Å². The Hall–Kier alpha value is -3.54. The first kappa shape index (κ1) is 33.0. The highest BCUT2D eigenvalue weighted by molar-refractivity contribution is 8.32. The van der Waals surface area contributed by atoms with Gasteiger partial charge < -0.3 is 18.9 Å². The molecule has 0 aromatic heterocycles. The molecule has 1 N–H and O–H groups in total. The monoisotopic (exact) mass is 619 g/mol. The number of carbonyl (C=O) groups is 2. The first-order valence-electron chi connectivity index (χ1n) is 13.2. The Kier molecular flexibility index (Phi) is 10.3. The van der Waals surface area contributed by atoms with Crippen molar-refractivity contribution >= 4 is 32.4 Å². The van der Waals surface area contributed by atoms with Gasteiger partial charge in [0, 0.05) is 0 Å². The fraction of sp³-hybridized carbons (Fsp3) is 0.355. The van der Waals surface area contributed by atoms with Gasteiger partial charge in [-0.3, -0.25) is 3.63 Å². The molecule has 0 heterocycles. The minimum atomic E-state index is -3.85. The highest BCUT2D eigenvalue weighted by atomic mass is 32.3. The zero-order valence-corrected chi connectivity index (χ0v) is 26.6. The lowest BCUT2D eigenvalue weighted by atomic mass is 10.2. The van der Waals surface area contributed by atoms with E-state index in [9.17, 15) is 18.0 Å². The van der Waals surface area contributed by atoms with Gasteiger partial charge in [0.05, 0.1) is 25.0 Å². The van der Waals surface area contributed by atoms with Crippen LogP contribution in [0.5, 0.6) is 11.5 Å². The number of esters is 2. The second kappa shape index (κ2) is 13.2. The predicted octanol–water partition coefficient (Wildman–Crippen LogP) is 6.38. The van der Waals surface area contributed by atoms with E-state index in [0.717, 1.165) is 6.26 Å². The molecular weight excluding hydrogens is 580 g/mol.